The number of rotatable bonds is 6. The minimum absolute atomic E-state index is 0.173. The van der Waals surface area contributed by atoms with Crippen molar-refractivity contribution in [3.8, 4) is 0 Å². The molecule has 1 fully saturated rings. The average Bonchev–Trinajstić information content (AvgIpc) is 3.28. The van der Waals surface area contributed by atoms with Crippen molar-refractivity contribution >= 4 is 5.91 Å². The number of hydrogen-bond donors (Lipinski definition) is 0. The third kappa shape index (κ3) is 3.76. The second-order valence-electron chi connectivity index (χ2n) is 5.74. The van der Waals surface area contributed by atoms with E-state index in [9.17, 15) is 4.79 Å². The van der Waals surface area contributed by atoms with Gasteiger partial charge in [0.05, 0.1) is 6.54 Å². The lowest BCUT2D eigenvalue weighted by atomic mass is 10.2. The van der Waals surface area contributed by atoms with E-state index in [-0.39, 0.29) is 11.9 Å². The summed E-state index contributed by atoms with van der Waals surface area (Å²) in [5.41, 5.74) is 0. The molecule has 124 valence electrons. The summed E-state index contributed by atoms with van der Waals surface area (Å²) in [6.45, 7) is 7.13. The Hall–Kier alpha value is -2.22. The lowest BCUT2D eigenvalue weighted by Crippen LogP contribution is -2.51. The van der Waals surface area contributed by atoms with Gasteiger partial charge in [-0.3, -0.25) is 19.1 Å². The zero-order valence-electron chi connectivity index (χ0n) is 13.5. The minimum atomic E-state index is -0.188. The van der Waals surface area contributed by atoms with Crippen LogP contribution < -0.4 is 0 Å². The Bertz CT molecular complexity index is 587. The van der Waals surface area contributed by atoms with Gasteiger partial charge in [-0.1, -0.05) is 6.92 Å². The largest absolute Gasteiger partial charge is 0.338 e. The maximum Gasteiger partial charge on any atom is 0.247 e. The fourth-order valence-corrected chi connectivity index (χ4v) is 2.93. The number of piperazine rings is 1. The van der Waals surface area contributed by atoms with Crippen molar-refractivity contribution in [1.29, 1.82) is 0 Å². The highest BCUT2D eigenvalue weighted by molar-refractivity contribution is 5.80. The molecule has 0 N–H and O–H groups in total. The molecule has 1 saturated heterocycles. The van der Waals surface area contributed by atoms with E-state index >= 15 is 0 Å². The topological polar surface area (TPSA) is 72.1 Å². The van der Waals surface area contributed by atoms with Crippen LogP contribution in [0.3, 0.4) is 0 Å². The third-order valence-electron chi connectivity index (χ3n) is 4.31. The predicted molar refractivity (Wildman–Crippen MR) is 84.6 cm³/mol. The van der Waals surface area contributed by atoms with Crippen LogP contribution in [0.4, 0.5) is 0 Å². The lowest BCUT2D eigenvalue weighted by Gasteiger charge is -2.36. The van der Waals surface area contributed by atoms with Gasteiger partial charge in [0, 0.05) is 45.1 Å². The number of carbonyl (C=O) groups is 1. The molecule has 0 spiro atoms. The summed E-state index contributed by atoms with van der Waals surface area (Å²) in [7, 11) is 0. The maximum absolute atomic E-state index is 12.7. The number of hydrogen-bond acceptors (Lipinski definition) is 5. The van der Waals surface area contributed by atoms with E-state index in [1.54, 1.807) is 23.5 Å². The molecule has 1 aliphatic heterocycles. The van der Waals surface area contributed by atoms with Crippen LogP contribution in [0.15, 0.2) is 31.1 Å². The van der Waals surface area contributed by atoms with Crippen LogP contribution in [0, 0.1) is 0 Å². The highest BCUT2D eigenvalue weighted by Gasteiger charge is 2.27. The zero-order valence-corrected chi connectivity index (χ0v) is 13.5. The molecule has 8 heteroatoms. The number of amides is 1. The number of aromatic nitrogens is 5. The van der Waals surface area contributed by atoms with Crippen molar-refractivity contribution < 1.29 is 4.79 Å². The Morgan fingerprint density at radius 1 is 1.17 bits per heavy atom. The van der Waals surface area contributed by atoms with E-state index in [0.29, 0.717) is 0 Å². The molecule has 2 aromatic heterocycles. The van der Waals surface area contributed by atoms with Crippen molar-refractivity contribution in [3.63, 3.8) is 0 Å². The molecule has 8 nitrogen and oxygen atoms in total. The summed E-state index contributed by atoms with van der Waals surface area (Å²) in [6.07, 6.45) is 7.62. The van der Waals surface area contributed by atoms with Crippen LogP contribution in [0.25, 0.3) is 0 Å². The molecule has 1 unspecified atom stereocenters. The molecule has 0 radical (unpaired) electrons. The fraction of sp³-hybridized carbons (Fsp3) is 0.600. The maximum atomic E-state index is 12.7. The van der Waals surface area contributed by atoms with Crippen LogP contribution in [-0.4, -0.2) is 73.0 Å². The monoisotopic (exact) mass is 317 g/mol. The lowest BCUT2D eigenvalue weighted by molar-refractivity contribution is -0.137. The van der Waals surface area contributed by atoms with Gasteiger partial charge in [0.1, 0.15) is 18.7 Å². The molecule has 1 atom stereocenters. The Kier molecular flexibility index (Phi) is 5.02. The Morgan fingerprint density at radius 2 is 2.00 bits per heavy atom. The molecule has 0 aliphatic carbocycles. The van der Waals surface area contributed by atoms with Gasteiger partial charge in [0.25, 0.3) is 0 Å². The van der Waals surface area contributed by atoms with Crippen LogP contribution in [0.5, 0.6) is 0 Å². The number of nitrogens with zero attached hydrogens (tertiary/aromatic N) is 7. The van der Waals surface area contributed by atoms with Crippen LogP contribution in [-0.2, 0) is 11.3 Å². The molecule has 23 heavy (non-hydrogen) atoms. The first-order chi connectivity index (χ1) is 11.3. The van der Waals surface area contributed by atoms with Crippen molar-refractivity contribution in [2.24, 2.45) is 0 Å². The predicted octanol–water partition coefficient (Wildman–Crippen LogP) is 0.270. The van der Waals surface area contributed by atoms with E-state index in [0.717, 1.165) is 45.7 Å². The second kappa shape index (κ2) is 7.36. The van der Waals surface area contributed by atoms with Crippen LogP contribution in [0.2, 0.25) is 0 Å². The normalized spacial score (nSPS) is 17.3. The van der Waals surface area contributed by atoms with Gasteiger partial charge in [0.2, 0.25) is 5.91 Å². The van der Waals surface area contributed by atoms with E-state index in [1.807, 2.05) is 28.8 Å². The van der Waals surface area contributed by atoms with Gasteiger partial charge in [-0.15, -0.1) is 0 Å². The fourth-order valence-electron chi connectivity index (χ4n) is 2.93. The average molecular weight is 317 g/mol. The Balaban J connectivity index is 1.49. The molecule has 1 aliphatic rings. The molecule has 0 saturated carbocycles. The summed E-state index contributed by atoms with van der Waals surface area (Å²) >= 11 is 0. The highest BCUT2D eigenvalue weighted by Crippen LogP contribution is 2.15. The first-order valence-electron chi connectivity index (χ1n) is 8.10. The van der Waals surface area contributed by atoms with Gasteiger partial charge in [-0.25, -0.2) is 4.98 Å². The van der Waals surface area contributed by atoms with Crippen molar-refractivity contribution in [3.05, 3.63) is 31.1 Å². The second-order valence-corrected chi connectivity index (χ2v) is 5.74. The Morgan fingerprint density at radius 3 is 2.61 bits per heavy atom. The van der Waals surface area contributed by atoms with Gasteiger partial charge in [-0.2, -0.15) is 10.2 Å². The molecule has 3 rings (SSSR count). The molecule has 1 amide bonds. The standard InChI is InChI=1S/C15H23N7O/c1-2-14(22-5-3-4-17-22)15(23)20-9-6-19(7-10-20)8-11-21-13-16-12-18-21/h3-5,12-14H,2,6-11H2,1H3. The van der Waals surface area contributed by atoms with E-state index in [2.05, 4.69) is 20.1 Å². The highest BCUT2D eigenvalue weighted by atomic mass is 16.2. The van der Waals surface area contributed by atoms with Gasteiger partial charge in [0.15, 0.2) is 0 Å². The van der Waals surface area contributed by atoms with Crippen molar-refractivity contribution in [1.82, 2.24) is 34.3 Å². The molecule has 2 aromatic rings. The number of carbonyl (C=O) groups excluding carboxylic acids is 1. The minimum Gasteiger partial charge on any atom is -0.338 e. The van der Waals surface area contributed by atoms with Gasteiger partial charge in [-0.05, 0) is 12.5 Å². The molecule has 0 aromatic carbocycles. The third-order valence-corrected chi connectivity index (χ3v) is 4.31. The van der Waals surface area contributed by atoms with Gasteiger partial charge < -0.3 is 4.90 Å². The van der Waals surface area contributed by atoms with Gasteiger partial charge >= 0.3 is 0 Å². The summed E-state index contributed by atoms with van der Waals surface area (Å²) in [5.74, 6) is 0.173. The quantitative estimate of drug-likeness (QED) is 0.765. The first-order valence-corrected chi connectivity index (χ1v) is 8.10. The summed E-state index contributed by atoms with van der Waals surface area (Å²) < 4.78 is 3.60. The van der Waals surface area contributed by atoms with E-state index in [1.165, 1.54) is 0 Å². The molecule has 0 bridgehead atoms. The smallest absolute Gasteiger partial charge is 0.247 e. The summed E-state index contributed by atoms with van der Waals surface area (Å²) in [5, 5.41) is 8.33. The first kappa shape index (κ1) is 15.7. The van der Waals surface area contributed by atoms with E-state index < -0.39 is 0 Å². The van der Waals surface area contributed by atoms with Crippen molar-refractivity contribution in [2.45, 2.75) is 25.9 Å². The van der Waals surface area contributed by atoms with Crippen LogP contribution in [0.1, 0.15) is 19.4 Å². The summed E-state index contributed by atoms with van der Waals surface area (Å²) in [6, 6.07) is 1.67. The molecular weight excluding hydrogens is 294 g/mol. The molecular formula is C15H23N7O. The molecule has 3 heterocycles. The zero-order chi connectivity index (χ0) is 16.1. The van der Waals surface area contributed by atoms with Crippen molar-refractivity contribution in [2.75, 3.05) is 32.7 Å². The van der Waals surface area contributed by atoms with E-state index in [4.69, 9.17) is 0 Å². The van der Waals surface area contributed by atoms with Crippen LogP contribution >= 0.6 is 0 Å². The SMILES string of the molecule is CCC(C(=O)N1CCN(CCn2cncn2)CC1)n1cccn1. The summed E-state index contributed by atoms with van der Waals surface area (Å²) in [4.78, 5) is 21.0. The Labute approximate surface area is 135 Å².